The fourth-order valence-corrected chi connectivity index (χ4v) is 1.60. The third kappa shape index (κ3) is 4.08. The van der Waals surface area contributed by atoms with E-state index in [1.807, 2.05) is 0 Å². The summed E-state index contributed by atoms with van der Waals surface area (Å²) in [5.74, 6) is 0. The van der Waals surface area contributed by atoms with E-state index >= 15 is 0 Å². The summed E-state index contributed by atoms with van der Waals surface area (Å²) in [6, 6.07) is 2.46. The molecule has 1 aromatic rings. The van der Waals surface area contributed by atoms with Crippen molar-refractivity contribution in [1.29, 1.82) is 0 Å². The molecule has 0 spiro atoms. The van der Waals surface area contributed by atoms with Crippen LogP contribution in [0.4, 0.5) is 5.69 Å². The van der Waals surface area contributed by atoms with Crippen LogP contribution in [-0.4, -0.2) is 17.9 Å². The molecule has 0 aliphatic rings. The predicted molar refractivity (Wildman–Crippen MR) is 46.1 cm³/mol. The van der Waals surface area contributed by atoms with E-state index in [1.165, 1.54) is 0 Å². The van der Waals surface area contributed by atoms with Gasteiger partial charge in [-0.25, -0.2) is 8.42 Å². The Hall–Kier alpha value is 0.456. The average Bonchev–Trinajstić information content (AvgIpc) is 2.01. The number of hydrogen-bond donors (Lipinski definition) is 0. The van der Waals surface area contributed by atoms with E-state index in [0.717, 1.165) is 18.2 Å². The number of hydrogen-bond acceptors (Lipinski definition) is 5. The molecule has 0 radical (unpaired) electrons. The summed E-state index contributed by atoms with van der Waals surface area (Å²) < 4.78 is 31.4. The second-order valence-electron chi connectivity index (χ2n) is 2.32. The van der Waals surface area contributed by atoms with Crippen LogP contribution in [0, 0.1) is 10.1 Å². The molecule has 9 heteroatoms. The van der Waals surface area contributed by atoms with Crippen LogP contribution in [0.3, 0.4) is 0 Å². The fraction of sp³-hybridized carbons (Fsp3) is 0. The van der Waals surface area contributed by atoms with Crippen LogP contribution in [0.2, 0.25) is 5.02 Å². The van der Waals surface area contributed by atoms with Crippen LogP contribution < -0.4 is 51.4 Å². The molecule has 1 rings (SSSR count). The molecule has 0 aliphatic carbocycles. The minimum absolute atomic E-state index is 0. The molecule has 0 fully saturated rings. The van der Waals surface area contributed by atoms with Crippen molar-refractivity contribution >= 4 is 27.4 Å². The molecule has 1 aromatic carbocycles. The number of benzene rings is 1. The molecule has 76 valence electrons. The van der Waals surface area contributed by atoms with Gasteiger partial charge in [0.15, 0.2) is 0 Å². The number of nitrogens with zero attached hydrogens (tertiary/aromatic N) is 1. The third-order valence-corrected chi connectivity index (χ3v) is 2.54. The number of nitro benzene ring substituents is 1. The predicted octanol–water partition coefficient (Wildman–Crippen LogP) is -1.84. The van der Waals surface area contributed by atoms with Crippen LogP contribution in [0.5, 0.6) is 0 Å². The Morgan fingerprint density at radius 1 is 1.33 bits per heavy atom. The first-order chi connectivity index (χ1) is 6.32. The Morgan fingerprint density at radius 3 is 2.20 bits per heavy atom. The maximum absolute atomic E-state index is 10.5. The number of rotatable bonds is 2. The molecule has 0 N–H and O–H groups in total. The van der Waals surface area contributed by atoms with Gasteiger partial charge in [-0.2, -0.15) is 0 Å². The van der Waals surface area contributed by atoms with Crippen molar-refractivity contribution in [3.05, 3.63) is 33.3 Å². The Labute approximate surface area is 133 Å². The smallest absolute Gasteiger partial charge is 0.744 e. The summed E-state index contributed by atoms with van der Waals surface area (Å²) >= 11 is 5.39. The largest absolute Gasteiger partial charge is 1.00 e. The van der Waals surface area contributed by atoms with Crippen molar-refractivity contribution in [2.24, 2.45) is 0 Å². The molecule has 0 unspecified atom stereocenters. The van der Waals surface area contributed by atoms with Crippen molar-refractivity contribution < 1.29 is 69.3 Å². The van der Waals surface area contributed by atoms with Gasteiger partial charge in [-0.3, -0.25) is 10.1 Å². The molecule has 0 heterocycles. The Kier molecular flexibility index (Phi) is 5.86. The second kappa shape index (κ2) is 5.69. The Balaban J connectivity index is 0.00000196. The van der Waals surface area contributed by atoms with E-state index in [9.17, 15) is 23.1 Å². The zero-order chi connectivity index (χ0) is 10.9. The van der Waals surface area contributed by atoms with Crippen LogP contribution in [0.15, 0.2) is 23.1 Å². The molecule has 0 aliphatic heterocycles. The van der Waals surface area contributed by atoms with Gasteiger partial charge in [0, 0.05) is 6.07 Å². The normalized spacial score (nSPS) is 10.5. The summed E-state index contributed by atoms with van der Waals surface area (Å²) in [6.07, 6.45) is 0. The van der Waals surface area contributed by atoms with E-state index in [-0.39, 0.29) is 56.4 Å². The molecule has 0 saturated heterocycles. The quantitative estimate of drug-likeness (QED) is 0.273. The first kappa shape index (κ1) is 15.5. The zero-order valence-corrected chi connectivity index (χ0v) is 12.2. The van der Waals surface area contributed by atoms with Crippen molar-refractivity contribution in [2.75, 3.05) is 0 Å². The van der Waals surface area contributed by atoms with Gasteiger partial charge in [0.2, 0.25) is 0 Å². The SMILES string of the molecule is O=[N+]([O-])c1ccc(S(=O)(=O)[O-])cc1Cl.[K+]. The molecule has 0 amide bonds. The average molecular weight is 276 g/mol. The summed E-state index contributed by atoms with van der Waals surface area (Å²) in [5.41, 5.74) is -0.445. The second-order valence-corrected chi connectivity index (χ2v) is 4.11. The third-order valence-electron chi connectivity index (χ3n) is 1.40. The van der Waals surface area contributed by atoms with Crippen LogP contribution in [0.1, 0.15) is 0 Å². The maximum Gasteiger partial charge on any atom is 1.00 e. The topological polar surface area (TPSA) is 100 Å². The van der Waals surface area contributed by atoms with Gasteiger partial charge in [0.1, 0.15) is 15.1 Å². The molecule has 0 bridgehead atoms. The van der Waals surface area contributed by atoms with Gasteiger partial charge in [-0.05, 0) is 12.1 Å². The fourth-order valence-electron chi connectivity index (χ4n) is 0.791. The molecule has 0 aromatic heterocycles. The molecular weight excluding hydrogens is 273 g/mol. The molecule has 6 nitrogen and oxygen atoms in total. The summed E-state index contributed by atoms with van der Waals surface area (Å²) in [6.45, 7) is 0. The summed E-state index contributed by atoms with van der Waals surface area (Å²) in [4.78, 5) is 8.91. The summed E-state index contributed by atoms with van der Waals surface area (Å²) in [7, 11) is -4.62. The standard InChI is InChI=1S/C6H4ClNO5S.K/c7-5-3-4(14(11,12)13)1-2-6(5)8(9)10;/h1-3H,(H,11,12,13);/q;+1/p-1. The Bertz CT molecular complexity index is 488. The van der Waals surface area contributed by atoms with Crippen molar-refractivity contribution in [2.45, 2.75) is 4.90 Å². The first-order valence-electron chi connectivity index (χ1n) is 3.22. The van der Waals surface area contributed by atoms with E-state index in [1.54, 1.807) is 0 Å². The van der Waals surface area contributed by atoms with Gasteiger partial charge in [-0.1, -0.05) is 11.6 Å². The minimum atomic E-state index is -4.62. The van der Waals surface area contributed by atoms with E-state index in [2.05, 4.69) is 0 Å². The number of halogens is 1. The van der Waals surface area contributed by atoms with Gasteiger partial charge in [-0.15, -0.1) is 0 Å². The molecular formula is C6H3ClKNO5S. The van der Waals surface area contributed by atoms with Crippen LogP contribution in [0.25, 0.3) is 0 Å². The molecule has 0 atom stereocenters. The van der Waals surface area contributed by atoms with Gasteiger partial charge in [0.05, 0.1) is 9.82 Å². The zero-order valence-electron chi connectivity index (χ0n) is 7.51. The van der Waals surface area contributed by atoms with E-state index in [4.69, 9.17) is 11.6 Å². The Morgan fingerprint density at radius 2 is 1.87 bits per heavy atom. The van der Waals surface area contributed by atoms with Crippen molar-refractivity contribution in [1.82, 2.24) is 0 Å². The maximum atomic E-state index is 10.5. The van der Waals surface area contributed by atoms with Crippen LogP contribution in [-0.2, 0) is 10.1 Å². The van der Waals surface area contributed by atoms with Gasteiger partial charge < -0.3 is 4.55 Å². The van der Waals surface area contributed by atoms with E-state index in [0.29, 0.717) is 0 Å². The number of nitro groups is 1. The summed E-state index contributed by atoms with van der Waals surface area (Å²) in [5, 5.41) is 9.89. The minimum Gasteiger partial charge on any atom is -0.744 e. The monoisotopic (exact) mass is 275 g/mol. The van der Waals surface area contributed by atoms with Crippen LogP contribution >= 0.6 is 11.6 Å². The first-order valence-corrected chi connectivity index (χ1v) is 5.01. The van der Waals surface area contributed by atoms with E-state index < -0.39 is 25.6 Å². The van der Waals surface area contributed by atoms with Crippen molar-refractivity contribution in [3.8, 4) is 0 Å². The van der Waals surface area contributed by atoms with Gasteiger partial charge >= 0.3 is 51.4 Å². The van der Waals surface area contributed by atoms with Gasteiger partial charge in [0.25, 0.3) is 5.69 Å². The van der Waals surface area contributed by atoms with Crippen molar-refractivity contribution in [3.63, 3.8) is 0 Å². The molecule has 0 saturated carbocycles. The molecule has 15 heavy (non-hydrogen) atoms.